The number of methoxy groups -OCH3 is 1. The highest BCUT2D eigenvalue weighted by Gasteiger charge is 2.37. The molecule has 0 saturated carbocycles. The number of nitrogens with zero attached hydrogens (tertiary/aromatic N) is 2. The molecule has 2 rings (SSSR count). The number of ether oxygens (including phenoxy) is 2. The molecule has 39 heavy (non-hydrogen) atoms. The van der Waals surface area contributed by atoms with Crippen molar-refractivity contribution in [1.82, 2.24) is 10.2 Å². The highest BCUT2D eigenvalue weighted by Crippen LogP contribution is 2.28. The zero-order valence-electron chi connectivity index (χ0n) is 22.8. The quantitative estimate of drug-likeness (QED) is 0.315. The van der Waals surface area contributed by atoms with Gasteiger partial charge in [-0.05, 0) is 75.1 Å². The van der Waals surface area contributed by atoms with Crippen LogP contribution < -0.4 is 15.4 Å². The van der Waals surface area contributed by atoms with Gasteiger partial charge in [0.2, 0.25) is 5.91 Å². The molecule has 2 atom stereocenters. The van der Waals surface area contributed by atoms with Crippen LogP contribution in [0.1, 0.15) is 44.4 Å². The van der Waals surface area contributed by atoms with Gasteiger partial charge in [0.1, 0.15) is 30.0 Å². The van der Waals surface area contributed by atoms with Gasteiger partial charge in [-0.2, -0.15) is 17.0 Å². The summed E-state index contributed by atoms with van der Waals surface area (Å²) in [6, 6.07) is 13.1. The van der Waals surface area contributed by atoms with Crippen LogP contribution in [-0.2, 0) is 14.3 Å². The average molecular weight is 551 g/mol. The van der Waals surface area contributed by atoms with Crippen molar-refractivity contribution in [3.63, 3.8) is 0 Å². The Morgan fingerprint density at radius 2 is 1.79 bits per heavy atom. The van der Waals surface area contributed by atoms with Crippen LogP contribution in [-0.4, -0.2) is 60.1 Å². The number of nitrogens with one attached hydrogen (secondary N) is 2. The third-order valence-corrected chi connectivity index (χ3v) is 6.10. The maximum absolute atomic E-state index is 13.9. The minimum atomic E-state index is -1.26. The third-order valence-electron chi connectivity index (χ3n) is 5.45. The molecule has 2 N–H and O–H groups in total. The number of anilines is 1. The lowest BCUT2D eigenvalue weighted by atomic mass is 9.97. The summed E-state index contributed by atoms with van der Waals surface area (Å²) in [5.41, 5.74) is 0.439. The summed E-state index contributed by atoms with van der Waals surface area (Å²) in [5.74, 6) is 2.51. The number of nitriles is 1. The SMILES string of the molecule is C#Cc1ccccc1C(C(=O)Nc1ccc(OC)cc1)N(CC#N)C(=O)C(CCSC)NC(=O)OC(C)(C)C. The monoisotopic (exact) mass is 550 g/mol. The highest BCUT2D eigenvalue weighted by molar-refractivity contribution is 7.98. The third kappa shape index (κ3) is 9.27. The lowest BCUT2D eigenvalue weighted by molar-refractivity contribution is -0.140. The van der Waals surface area contributed by atoms with E-state index in [9.17, 15) is 19.6 Å². The summed E-state index contributed by atoms with van der Waals surface area (Å²) >= 11 is 1.49. The fourth-order valence-corrected chi connectivity index (χ4v) is 4.19. The Hall–Kier alpha value is -4.15. The molecule has 0 saturated heterocycles. The fourth-order valence-electron chi connectivity index (χ4n) is 3.72. The van der Waals surface area contributed by atoms with Gasteiger partial charge >= 0.3 is 6.09 Å². The Morgan fingerprint density at radius 1 is 1.13 bits per heavy atom. The normalized spacial score (nSPS) is 12.2. The highest BCUT2D eigenvalue weighted by atomic mass is 32.2. The van der Waals surface area contributed by atoms with E-state index in [-0.39, 0.29) is 6.42 Å². The number of amides is 3. The molecule has 0 radical (unpaired) electrons. The molecule has 0 bridgehead atoms. The first-order chi connectivity index (χ1) is 18.5. The van der Waals surface area contributed by atoms with Gasteiger partial charge in [-0.1, -0.05) is 24.1 Å². The zero-order chi connectivity index (χ0) is 29.0. The summed E-state index contributed by atoms with van der Waals surface area (Å²) in [4.78, 5) is 41.4. The minimum absolute atomic E-state index is 0.255. The number of alkyl carbamates (subject to hydrolysis) is 1. The van der Waals surface area contributed by atoms with Crippen LogP contribution in [0.2, 0.25) is 0 Å². The van der Waals surface area contributed by atoms with E-state index < -0.39 is 42.1 Å². The Bertz CT molecular complexity index is 1230. The molecular formula is C29H34N4O5S. The second kappa shape index (κ2) is 14.7. The fraction of sp³-hybridized carbons (Fsp3) is 0.379. The smallest absolute Gasteiger partial charge is 0.408 e. The van der Waals surface area contributed by atoms with E-state index in [2.05, 4.69) is 16.6 Å². The average Bonchev–Trinajstić information content (AvgIpc) is 2.90. The van der Waals surface area contributed by atoms with Crippen LogP contribution in [0, 0.1) is 23.7 Å². The van der Waals surface area contributed by atoms with E-state index in [1.54, 1.807) is 69.3 Å². The summed E-state index contributed by atoms with van der Waals surface area (Å²) in [7, 11) is 1.53. The molecule has 0 spiro atoms. The summed E-state index contributed by atoms with van der Waals surface area (Å²) in [5, 5.41) is 15.1. The van der Waals surface area contributed by atoms with Crippen molar-refractivity contribution < 1.29 is 23.9 Å². The lowest BCUT2D eigenvalue weighted by Gasteiger charge is -2.33. The van der Waals surface area contributed by atoms with Gasteiger partial charge in [-0.3, -0.25) is 9.59 Å². The summed E-state index contributed by atoms with van der Waals surface area (Å²) < 4.78 is 10.5. The van der Waals surface area contributed by atoms with Crippen LogP contribution in [0.5, 0.6) is 5.75 Å². The first-order valence-corrected chi connectivity index (χ1v) is 13.6. The van der Waals surface area contributed by atoms with Gasteiger partial charge in [-0.25, -0.2) is 4.79 Å². The number of terminal acetylenes is 1. The number of hydrogen-bond donors (Lipinski definition) is 2. The van der Waals surface area contributed by atoms with Crippen LogP contribution in [0.3, 0.4) is 0 Å². The van der Waals surface area contributed by atoms with Gasteiger partial charge in [0.05, 0.1) is 13.2 Å². The Labute approximate surface area is 234 Å². The predicted molar refractivity (Wildman–Crippen MR) is 152 cm³/mol. The standard InChI is InChI=1S/C29H34N4O5S/c1-7-20-10-8-9-11-23(20)25(26(34)31-21-12-14-22(37-5)15-13-21)33(18-17-30)27(35)24(16-19-39-6)32-28(36)38-29(2,3)4/h1,8-15,24-25H,16,18-19H2,2-6H3,(H,31,34)(H,32,36). The van der Waals surface area contributed by atoms with Crippen molar-refractivity contribution in [1.29, 1.82) is 5.26 Å². The summed E-state index contributed by atoms with van der Waals surface area (Å²) in [6.45, 7) is 4.71. The molecule has 3 amide bonds. The van der Waals surface area contributed by atoms with E-state index in [0.717, 1.165) is 4.90 Å². The molecule has 0 aromatic heterocycles. The Balaban J connectivity index is 2.53. The maximum Gasteiger partial charge on any atom is 0.408 e. The molecule has 10 heteroatoms. The molecule has 206 valence electrons. The molecule has 0 aliphatic rings. The van der Waals surface area contributed by atoms with E-state index in [1.165, 1.54) is 18.9 Å². The van der Waals surface area contributed by atoms with Crippen molar-refractivity contribution in [2.45, 2.75) is 44.9 Å². The molecule has 9 nitrogen and oxygen atoms in total. The predicted octanol–water partition coefficient (Wildman–Crippen LogP) is 4.35. The Morgan fingerprint density at radius 3 is 2.36 bits per heavy atom. The Kier molecular flexibility index (Phi) is 11.7. The topological polar surface area (TPSA) is 121 Å². The van der Waals surface area contributed by atoms with Gasteiger partial charge in [0.25, 0.3) is 5.91 Å². The van der Waals surface area contributed by atoms with E-state index in [0.29, 0.717) is 28.3 Å². The number of carbonyl (C=O) groups excluding carboxylic acids is 3. The second-order valence-electron chi connectivity index (χ2n) is 9.46. The molecule has 0 aliphatic carbocycles. The van der Waals surface area contributed by atoms with Crippen LogP contribution in [0.4, 0.5) is 10.5 Å². The van der Waals surface area contributed by atoms with Crippen molar-refractivity contribution in [2.75, 3.05) is 31.0 Å². The van der Waals surface area contributed by atoms with Gasteiger partial charge in [0.15, 0.2) is 0 Å². The molecule has 0 aliphatic heterocycles. The molecule has 2 aromatic carbocycles. The largest absolute Gasteiger partial charge is 0.497 e. The van der Waals surface area contributed by atoms with E-state index in [1.807, 2.05) is 12.3 Å². The van der Waals surface area contributed by atoms with E-state index >= 15 is 0 Å². The zero-order valence-corrected chi connectivity index (χ0v) is 23.6. The first kappa shape index (κ1) is 31.1. The molecular weight excluding hydrogens is 516 g/mol. The van der Waals surface area contributed by atoms with Crippen LogP contribution >= 0.6 is 11.8 Å². The number of rotatable bonds is 11. The molecule has 2 unspecified atom stereocenters. The van der Waals surface area contributed by atoms with Crippen LogP contribution in [0.25, 0.3) is 0 Å². The van der Waals surface area contributed by atoms with E-state index in [4.69, 9.17) is 15.9 Å². The summed E-state index contributed by atoms with van der Waals surface area (Å²) in [6.07, 6.45) is 7.08. The minimum Gasteiger partial charge on any atom is -0.497 e. The lowest BCUT2D eigenvalue weighted by Crippen LogP contribution is -2.52. The van der Waals surface area contributed by atoms with Gasteiger partial charge in [0, 0.05) is 11.3 Å². The molecule has 0 heterocycles. The van der Waals surface area contributed by atoms with Crippen molar-refractivity contribution >= 4 is 35.4 Å². The van der Waals surface area contributed by atoms with Crippen molar-refractivity contribution in [3.8, 4) is 24.2 Å². The molecule has 0 fully saturated rings. The number of carbonyl (C=O) groups is 3. The first-order valence-electron chi connectivity index (χ1n) is 12.2. The second-order valence-corrected chi connectivity index (χ2v) is 10.4. The maximum atomic E-state index is 13.9. The number of thioether (sulfide) groups is 1. The van der Waals surface area contributed by atoms with Gasteiger partial charge in [-0.15, -0.1) is 6.42 Å². The molecule has 2 aromatic rings. The van der Waals surface area contributed by atoms with Crippen LogP contribution in [0.15, 0.2) is 48.5 Å². The van der Waals surface area contributed by atoms with Gasteiger partial charge < -0.3 is 25.0 Å². The number of benzene rings is 2. The van der Waals surface area contributed by atoms with Crippen molar-refractivity contribution in [2.24, 2.45) is 0 Å². The van der Waals surface area contributed by atoms with Crippen molar-refractivity contribution in [3.05, 3.63) is 59.7 Å². The number of hydrogen-bond acceptors (Lipinski definition) is 7.